The van der Waals surface area contributed by atoms with Crippen LogP contribution in [0.5, 0.6) is 0 Å². The van der Waals surface area contributed by atoms with Crippen LogP contribution in [0, 0.1) is 11.3 Å². The number of hydrogen-bond donors (Lipinski definition) is 1. The van der Waals surface area contributed by atoms with Crippen LogP contribution < -0.4 is 5.73 Å². The summed E-state index contributed by atoms with van der Waals surface area (Å²) in [5.74, 6) is 0. The zero-order valence-corrected chi connectivity index (χ0v) is 9.36. The van der Waals surface area contributed by atoms with Gasteiger partial charge in [-0.25, -0.2) is 0 Å². The second-order valence-electron chi connectivity index (χ2n) is 3.48. The van der Waals surface area contributed by atoms with Crippen molar-refractivity contribution in [2.75, 3.05) is 26.8 Å². The quantitative estimate of drug-likeness (QED) is 0.651. The van der Waals surface area contributed by atoms with E-state index in [1.807, 2.05) is 6.07 Å². The molecular weight excluding hydrogens is 178 g/mol. The molecular formula is C10H21N3O. The summed E-state index contributed by atoms with van der Waals surface area (Å²) in [7, 11) is 1.68. The fourth-order valence-electron chi connectivity index (χ4n) is 1.25. The van der Waals surface area contributed by atoms with Crippen LogP contribution in [-0.2, 0) is 4.74 Å². The highest BCUT2D eigenvalue weighted by Gasteiger charge is 2.14. The first-order valence-corrected chi connectivity index (χ1v) is 5.03. The first kappa shape index (κ1) is 13.4. The van der Waals surface area contributed by atoms with Gasteiger partial charge in [-0.1, -0.05) is 6.92 Å². The third kappa shape index (κ3) is 5.18. The average Bonchev–Trinajstić information content (AvgIpc) is 2.22. The molecule has 4 nitrogen and oxygen atoms in total. The predicted octanol–water partition coefficient (Wildman–Crippen LogP) is 0.584. The molecule has 0 radical (unpaired) electrons. The van der Waals surface area contributed by atoms with E-state index in [1.165, 1.54) is 0 Å². The van der Waals surface area contributed by atoms with E-state index >= 15 is 0 Å². The topological polar surface area (TPSA) is 62.3 Å². The van der Waals surface area contributed by atoms with Gasteiger partial charge in [0.2, 0.25) is 0 Å². The van der Waals surface area contributed by atoms with Crippen molar-refractivity contribution in [1.82, 2.24) is 4.90 Å². The van der Waals surface area contributed by atoms with E-state index in [0.717, 1.165) is 13.0 Å². The van der Waals surface area contributed by atoms with Crippen LogP contribution in [0.4, 0.5) is 0 Å². The molecule has 0 aliphatic heterocycles. The molecule has 0 spiro atoms. The van der Waals surface area contributed by atoms with Gasteiger partial charge in [0.1, 0.15) is 6.04 Å². The minimum atomic E-state index is -0.402. The van der Waals surface area contributed by atoms with Crippen molar-refractivity contribution in [1.29, 1.82) is 5.26 Å². The van der Waals surface area contributed by atoms with E-state index in [1.54, 1.807) is 7.11 Å². The Hall–Kier alpha value is -0.630. The first-order valence-electron chi connectivity index (χ1n) is 5.03. The molecule has 4 heteroatoms. The summed E-state index contributed by atoms with van der Waals surface area (Å²) in [5.41, 5.74) is 5.59. The Labute approximate surface area is 86.6 Å². The third-order valence-corrected chi connectivity index (χ3v) is 2.39. The monoisotopic (exact) mass is 199 g/mol. The summed E-state index contributed by atoms with van der Waals surface area (Å²) < 4.78 is 5.02. The second kappa shape index (κ2) is 7.74. The molecule has 0 saturated heterocycles. The number of rotatable bonds is 7. The Balaban J connectivity index is 4.04. The Morgan fingerprint density at radius 1 is 1.57 bits per heavy atom. The molecule has 82 valence electrons. The molecule has 0 saturated carbocycles. The lowest BCUT2D eigenvalue weighted by Crippen LogP contribution is -2.43. The van der Waals surface area contributed by atoms with Crippen LogP contribution in [0.1, 0.15) is 20.3 Å². The number of nitrogens with two attached hydrogens (primary N) is 1. The summed E-state index contributed by atoms with van der Waals surface area (Å²) in [4.78, 5) is 2.19. The van der Waals surface area contributed by atoms with Gasteiger partial charge in [-0.2, -0.15) is 5.26 Å². The Morgan fingerprint density at radius 2 is 2.21 bits per heavy atom. The second-order valence-corrected chi connectivity index (χ2v) is 3.48. The van der Waals surface area contributed by atoms with Crippen molar-refractivity contribution in [3.63, 3.8) is 0 Å². The number of nitriles is 1. The van der Waals surface area contributed by atoms with Crippen LogP contribution in [0.2, 0.25) is 0 Å². The first-order chi connectivity index (χ1) is 6.65. The molecule has 14 heavy (non-hydrogen) atoms. The lowest BCUT2D eigenvalue weighted by atomic mass is 10.2. The van der Waals surface area contributed by atoms with Crippen molar-refractivity contribution in [2.45, 2.75) is 32.4 Å². The predicted molar refractivity (Wildman–Crippen MR) is 56.8 cm³/mol. The molecule has 0 aromatic rings. The van der Waals surface area contributed by atoms with Gasteiger partial charge in [0, 0.05) is 26.2 Å². The highest BCUT2D eigenvalue weighted by Crippen LogP contribution is 2.03. The van der Waals surface area contributed by atoms with Crippen molar-refractivity contribution in [3.8, 4) is 6.07 Å². The number of hydrogen-bond acceptors (Lipinski definition) is 4. The Kier molecular flexibility index (Phi) is 7.40. The fraction of sp³-hybridized carbons (Fsp3) is 0.900. The fourth-order valence-corrected chi connectivity index (χ4v) is 1.25. The molecule has 0 aliphatic carbocycles. The molecule has 2 atom stereocenters. The van der Waals surface area contributed by atoms with Crippen molar-refractivity contribution in [2.24, 2.45) is 5.73 Å². The summed E-state index contributed by atoms with van der Waals surface area (Å²) in [6, 6.07) is 2.09. The summed E-state index contributed by atoms with van der Waals surface area (Å²) in [6.45, 7) is 6.40. The number of ether oxygens (including phenoxy) is 1. The van der Waals surface area contributed by atoms with Crippen LogP contribution in [0.15, 0.2) is 0 Å². The molecule has 2 N–H and O–H groups in total. The molecule has 0 aliphatic rings. The molecule has 0 heterocycles. The molecule has 0 bridgehead atoms. The minimum Gasteiger partial charge on any atom is -0.383 e. The third-order valence-electron chi connectivity index (χ3n) is 2.39. The smallest absolute Gasteiger partial charge is 0.106 e. The SMILES string of the molecule is CCC(C)N(CCOC)CC(N)C#N. The highest BCUT2D eigenvalue weighted by atomic mass is 16.5. The van der Waals surface area contributed by atoms with E-state index in [4.69, 9.17) is 15.7 Å². The van der Waals surface area contributed by atoms with Crippen LogP contribution in [0.25, 0.3) is 0 Å². The molecule has 2 unspecified atom stereocenters. The zero-order chi connectivity index (χ0) is 11.0. The normalized spacial score (nSPS) is 15.1. The molecule has 0 rings (SSSR count). The summed E-state index contributed by atoms with van der Waals surface area (Å²) in [5, 5.41) is 8.63. The van der Waals surface area contributed by atoms with E-state index in [2.05, 4.69) is 18.7 Å². The Morgan fingerprint density at radius 3 is 2.64 bits per heavy atom. The number of nitrogens with zero attached hydrogens (tertiary/aromatic N) is 2. The maximum Gasteiger partial charge on any atom is 0.106 e. The molecule has 0 aromatic carbocycles. The zero-order valence-electron chi connectivity index (χ0n) is 9.36. The standard InChI is InChI=1S/C10H21N3O/c1-4-9(2)13(5-6-14-3)8-10(12)7-11/h9-10H,4-6,8,12H2,1-3H3. The summed E-state index contributed by atoms with van der Waals surface area (Å²) in [6.07, 6.45) is 1.06. The molecule has 0 fully saturated rings. The lowest BCUT2D eigenvalue weighted by molar-refractivity contribution is 0.121. The van der Waals surface area contributed by atoms with E-state index < -0.39 is 6.04 Å². The van der Waals surface area contributed by atoms with Gasteiger partial charge in [0.25, 0.3) is 0 Å². The van der Waals surface area contributed by atoms with Crippen LogP contribution in [0.3, 0.4) is 0 Å². The summed E-state index contributed by atoms with van der Waals surface area (Å²) >= 11 is 0. The van der Waals surface area contributed by atoms with Gasteiger partial charge >= 0.3 is 0 Å². The van der Waals surface area contributed by atoms with Crippen molar-refractivity contribution >= 4 is 0 Å². The molecule has 0 aromatic heterocycles. The van der Waals surface area contributed by atoms with E-state index in [-0.39, 0.29) is 0 Å². The van der Waals surface area contributed by atoms with Gasteiger partial charge < -0.3 is 10.5 Å². The van der Waals surface area contributed by atoms with Gasteiger partial charge in [0.15, 0.2) is 0 Å². The maximum atomic E-state index is 8.63. The highest BCUT2D eigenvalue weighted by molar-refractivity contribution is 4.89. The van der Waals surface area contributed by atoms with Gasteiger partial charge in [-0.3, -0.25) is 4.90 Å². The molecule has 0 amide bonds. The van der Waals surface area contributed by atoms with Gasteiger partial charge in [-0.05, 0) is 13.3 Å². The minimum absolute atomic E-state index is 0.402. The maximum absolute atomic E-state index is 8.63. The lowest BCUT2D eigenvalue weighted by Gasteiger charge is -2.28. The van der Waals surface area contributed by atoms with E-state index in [0.29, 0.717) is 19.2 Å². The van der Waals surface area contributed by atoms with Crippen LogP contribution in [-0.4, -0.2) is 43.8 Å². The number of methoxy groups -OCH3 is 1. The average molecular weight is 199 g/mol. The van der Waals surface area contributed by atoms with Crippen molar-refractivity contribution in [3.05, 3.63) is 0 Å². The van der Waals surface area contributed by atoms with Crippen molar-refractivity contribution < 1.29 is 4.74 Å². The van der Waals surface area contributed by atoms with E-state index in [9.17, 15) is 0 Å². The van der Waals surface area contributed by atoms with Gasteiger partial charge in [0.05, 0.1) is 12.7 Å². The van der Waals surface area contributed by atoms with Gasteiger partial charge in [-0.15, -0.1) is 0 Å². The van der Waals surface area contributed by atoms with Crippen LogP contribution >= 0.6 is 0 Å². The Bertz CT molecular complexity index is 179. The largest absolute Gasteiger partial charge is 0.383 e.